The quantitative estimate of drug-likeness (QED) is 0.838. The van der Waals surface area contributed by atoms with Gasteiger partial charge < -0.3 is 5.32 Å². The van der Waals surface area contributed by atoms with Crippen molar-refractivity contribution >= 4 is 29.0 Å². The summed E-state index contributed by atoms with van der Waals surface area (Å²) in [4.78, 5) is 12.2. The predicted molar refractivity (Wildman–Crippen MR) is 68.5 cm³/mol. The van der Waals surface area contributed by atoms with Gasteiger partial charge in [-0.2, -0.15) is 0 Å². The van der Waals surface area contributed by atoms with E-state index in [0.29, 0.717) is 15.6 Å². The van der Waals surface area contributed by atoms with Crippen LogP contribution in [0.5, 0.6) is 0 Å². The van der Waals surface area contributed by atoms with E-state index in [-0.39, 0.29) is 5.78 Å². The number of ketones is 1. The smallest absolute Gasteiger partial charge is 0.183 e. The molecule has 0 aliphatic rings. The lowest BCUT2D eigenvalue weighted by molar-refractivity contribution is 0.0884. The third-order valence-electron chi connectivity index (χ3n) is 2.36. The Morgan fingerprint density at radius 3 is 2.56 bits per heavy atom. The summed E-state index contributed by atoms with van der Waals surface area (Å²) in [6, 6.07) is 4.91. The molecule has 16 heavy (non-hydrogen) atoms. The van der Waals surface area contributed by atoms with Gasteiger partial charge in [0.1, 0.15) is 0 Å². The Kier molecular flexibility index (Phi) is 4.36. The van der Waals surface area contributed by atoms with Crippen LogP contribution in [0.1, 0.15) is 31.1 Å². The highest BCUT2D eigenvalue weighted by Gasteiger charge is 2.28. The lowest BCUT2D eigenvalue weighted by atomic mass is 9.93. The van der Waals surface area contributed by atoms with Gasteiger partial charge in [0, 0.05) is 10.6 Å². The first-order chi connectivity index (χ1) is 7.38. The highest BCUT2D eigenvalue weighted by Crippen LogP contribution is 2.24. The van der Waals surface area contributed by atoms with Crippen molar-refractivity contribution in [1.29, 1.82) is 0 Å². The minimum Gasteiger partial charge on any atom is -0.305 e. The second-order valence-electron chi connectivity index (χ2n) is 4.11. The normalized spacial score (nSPS) is 11.6. The summed E-state index contributed by atoms with van der Waals surface area (Å²) < 4.78 is 0. The summed E-state index contributed by atoms with van der Waals surface area (Å²) in [6.07, 6.45) is 0. The van der Waals surface area contributed by atoms with Crippen LogP contribution in [0.3, 0.4) is 0 Å². The monoisotopic (exact) mass is 259 g/mol. The topological polar surface area (TPSA) is 29.1 Å². The number of Topliss-reactive ketones (excluding diaryl/α,β-unsaturated/α-hetero) is 1. The van der Waals surface area contributed by atoms with E-state index in [2.05, 4.69) is 5.32 Å². The fourth-order valence-electron chi connectivity index (χ4n) is 1.53. The lowest BCUT2D eigenvalue weighted by Crippen LogP contribution is -2.46. The molecule has 0 atom stereocenters. The zero-order chi connectivity index (χ0) is 12.3. The van der Waals surface area contributed by atoms with Crippen molar-refractivity contribution in [3.8, 4) is 0 Å². The van der Waals surface area contributed by atoms with Crippen molar-refractivity contribution in [2.24, 2.45) is 0 Å². The van der Waals surface area contributed by atoms with Crippen LogP contribution >= 0.6 is 23.2 Å². The molecule has 4 heteroatoms. The summed E-state index contributed by atoms with van der Waals surface area (Å²) in [5.41, 5.74) is -0.177. The first-order valence-electron chi connectivity index (χ1n) is 5.13. The molecule has 0 aliphatic carbocycles. The third kappa shape index (κ3) is 2.97. The average molecular weight is 260 g/mol. The average Bonchev–Trinajstić information content (AvgIpc) is 2.20. The van der Waals surface area contributed by atoms with E-state index in [1.54, 1.807) is 18.2 Å². The number of halogens is 2. The predicted octanol–water partition coefficient (Wildman–Crippen LogP) is 3.56. The molecule has 0 heterocycles. The Bertz CT molecular complexity index is 402. The molecule has 88 valence electrons. The van der Waals surface area contributed by atoms with Crippen LogP contribution in [0, 0.1) is 0 Å². The number of carbonyl (C=O) groups excluding carboxylic acids is 1. The van der Waals surface area contributed by atoms with Crippen molar-refractivity contribution in [3.05, 3.63) is 33.8 Å². The maximum absolute atomic E-state index is 12.2. The molecule has 1 aromatic carbocycles. The first-order valence-corrected chi connectivity index (χ1v) is 5.89. The Labute approximate surface area is 106 Å². The van der Waals surface area contributed by atoms with Crippen LogP contribution in [0.4, 0.5) is 0 Å². The van der Waals surface area contributed by atoms with E-state index in [4.69, 9.17) is 23.2 Å². The van der Waals surface area contributed by atoms with Crippen LogP contribution in [0.15, 0.2) is 18.2 Å². The molecule has 1 rings (SSSR count). The van der Waals surface area contributed by atoms with Gasteiger partial charge in [0.25, 0.3) is 0 Å². The molecular formula is C12H15Cl2NO. The summed E-state index contributed by atoms with van der Waals surface area (Å²) in [5, 5.41) is 4.06. The number of nitrogens with one attached hydrogen (secondary N) is 1. The molecule has 0 fully saturated rings. The largest absolute Gasteiger partial charge is 0.305 e. The van der Waals surface area contributed by atoms with Gasteiger partial charge in [0.05, 0.1) is 10.6 Å². The molecule has 1 N–H and O–H groups in total. The van der Waals surface area contributed by atoms with Gasteiger partial charge in [-0.3, -0.25) is 4.79 Å². The number of carbonyl (C=O) groups is 1. The third-order valence-corrected chi connectivity index (χ3v) is 2.92. The SMILES string of the molecule is CCNC(C)(C)C(=O)c1cc(Cl)ccc1Cl. The van der Waals surface area contributed by atoms with Crippen LogP contribution in [0.2, 0.25) is 10.0 Å². The summed E-state index contributed by atoms with van der Waals surface area (Å²) in [7, 11) is 0. The van der Waals surface area contributed by atoms with E-state index in [9.17, 15) is 4.79 Å². The second-order valence-corrected chi connectivity index (χ2v) is 4.95. The van der Waals surface area contributed by atoms with E-state index in [1.807, 2.05) is 20.8 Å². The summed E-state index contributed by atoms with van der Waals surface area (Å²) in [6.45, 7) is 6.33. The minimum absolute atomic E-state index is 0.0538. The molecule has 0 amide bonds. The van der Waals surface area contributed by atoms with Crippen molar-refractivity contribution in [2.45, 2.75) is 26.3 Å². The molecule has 0 bridgehead atoms. The molecule has 0 aliphatic heterocycles. The minimum atomic E-state index is -0.636. The maximum atomic E-state index is 12.2. The number of hydrogen-bond donors (Lipinski definition) is 1. The molecule has 0 spiro atoms. The Hall–Kier alpha value is -0.570. The number of rotatable bonds is 4. The van der Waals surface area contributed by atoms with Crippen molar-refractivity contribution < 1.29 is 4.79 Å². The highest BCUT2D eigenvalue weighted by atomic mass is 35.5. The van der Waals surface area contributed by atoms with Gasteiger partial charge in [-0.15, -0.1) is 0 Å². The molecule has 2 nitrogen and oxygen atoms in total. The zero-order valence-corrected chi connectivity index (χ0v) is 11.1. The van der Waals surface area contributed by atoms with Crippen LogP contribution < -0.4 is 5.32 Å². The zero-order valence-electron chi connectivity index (χ0n) is 9.60. The van der Waals surface area contributed by atoms with Crippen molar-refractivity contribution in [3.63, 3.8) is 0 Å². The van der Waals surface area contributed by atoms with Crippen molar-refractivity contribution in [2.75, 3.05) is 6.54 Å². The first kappa shape index (κ1) is 13.5. The van der Waals surface area contributed by atoms with Gasteiger partial charge >= 0.3 is 0 Å². The van der Waals surface area contributed by atoms with E-state index >= 15 is 0 Å². The molecular weight excluding hydrogens is 245 g/mol. The van der Waals surface area contributed by atoms with Gasteiger partial charge in [-0.05, 0) is 38.6 Å². The summed E-state index contributed by atoms with van der Waals surface area (Å²) in [5.74, 6) is -0.0538. The maximum Gasteiger partial charge on any atom is 0.183 e. The number of hydrogen-bond acceptors (Lipinski definition) is 2. The molecule has 0 unspecified atom stereocenters. The Morgan fingerprint density at radius 1 is 1.38 bits per heavy atom. The number of likely N-dealkylation sites (N-methyl/N-ethyl adjacent to an activating group) is 1. The van der Waals surface area contributed by atoms with Crippen molar-refractivity contribution in [1.82, 2.24) is 5.32 Å². The van der Waals surface area contributed by atoms with E-state index in [0.717, 1.165) is 6.54 Å². The standard InChI is InChI=1S/C12H15Cl2NO/c1-4-15-12(2,3)11(16)9-7-8(13)5-6-10(9)14/h5-7,15H,4H2,1-3H3. The molecule has 0 saturated heterocycles. The fraction of sp³-hybridized carbons (Fsp3) is 0.417. The van der Waals surface area contributed by atoms with Gasteiger partial charge in [-0.1, -0.05) is 30.1 Å². The fourth-order valence-corrected chi connectivity index (χ4v) is 1.91. The van der Waals surface area contributed by atoms with Crippen LogP contribution in [0.25, 0.3) is 0 Å². The number of benzene rings is 1. The van der Waals surface area contributed by atoms with Gasteiger partial charge in [0.15, 0.2) is 5.78 Å². The van der Waals surface area contributed by atoms with Gasteiger partial charge in [0.2, 0.25) is 0 Å². The molecule has 1 aromatic rings. The Balaban J connectivity index is 3.09. The lowest BCUT2D eigenvalue weighted by Gasteiger charge is -2.24. The van der Waals surface area contributed by atoms with Gasteiger partial charge in [-0.25, -0.2) is 0 Å². The second kappa shape index (κ2) is 5.17. The van der Waals surface area contributed by atoms with E-state index in [1.165, 1.54) is 0 Å². The summed E-state index contributed by atoms with van der Waals surface area (Å²) >= 11 is 11.8. The van der Waals surface area contributed by atoms with Crippen LogP contribution in [-0.2, 0) is 0 Å². The molecule has 0 saturated carbocycles. The van der Waals surface area contributed by atoms with E-state index < -0.39 is 5.54 Å². The Morgan fingerprint density at radius 2 is 2.00 bits per heavy atom. The molecule has 0 aromatic heterocycles. The van der Waals surface area contributed by atoms with Crippen LogP contribution in [-0.4, -0.2) is 17.9 Å². The molecule has 0 radical (unpaired) electrons. The highest BCUT2D eigenvalue weighted by molar-refractivity contribution is 6.36.